The van der Waals surface area contributed by atoms with E-state index >= 15 is 0 Å². The van der Waals surface area contributed by atoms with E-state index in [1.54, 1.807) is 36.4 Å². The molecular formula is C21H16FN3O3S. The van der Waals surface area contributed by atoms with Crippen LogP contribution in [0.1, 0.15) is 26.4 Å². The third-order valence-electron chi connectivity index (χ3n) is 4.51. The van der Waals surface area contributed by atoms with Crippen molar-refractivity contribution in [3.05, 3.63) is 76.5 Å². The zero-order valence-corrected chi connectivity index (χ0v) is 16.0. The number of aromatic nitrogens is 1. The summed E-state index contributed by atoms with van der Waals surface area (Å²) in [5.74, 6) is -1.65. The molecule has 1 N–H and O–H groups in total. The Kier molecular flexibility index (Phi) is 5.18. The Labute approximate surface area is 170 Å². The van der Waals surface area contributed by atoms with Gasteiger partial charge in [-0.2, -0.15) is 0 Å². The van der Waals surface area contributed by atoms with Crippen LogP contribution in [0.5, 0.6) is 0 Å². The van der Waals surface area contributed by atoms with Gasteiger partial charge >= 0.3 is 0 Å². The Bertz CT molecular complexity index is 1080. The number of imide groups is 1. The molecule has 4 rings (SSSR count). The van der Waals surface area contributed by atoms with Crippen LogP contribution < -0.4 is 5.32 Å². The lowest BCUT2D eigenvalue weighted by atomic mass is 10.1. The van der Waals surface area contributed by atoms with Gasteiger partial charge in [0.25, 0.3) is 11.8 Å². The number of nitrogens with one attached hydrogen (secondary N) is 1. The number of carbonyl (C=O) groups is 3. The van der Waals surface area contributed by atoms with E-state index in [0.717, 1.165) is 10.6 Å². The summed E-state index contributed by atoms with van der Waals surface area (Å²) in [7, 11) is 0. The second-order valence-electron chi connectivity index (χ2n) is 6.50. The minimum Gasteiger partial charge on any atom is -0.354 e. The fourth-order valence-electron chi connectivity index (χ4n) is 3.09. The zero-order chi connectivity index (χ0) is 20.4. The molecule has 146 valence electrons. The van der Waals surface area contributed by atoms with Crippen molar-refractivity contribution in [1.29, 1.82) is 0 Å². The van der Waals surface area contributed by atoms with Gasteiger partial charge < -0.3 is 5.32 Å². The molecule has 0 fully saturated rings. The first-order valence-electron chi connectivity index (χ1n) is 8.95. The molecule has 0 aliphatic carbocycles. The third-order valence-corrected chi connectivity index (χ3v) is 5.45. The predicted molar refractivity (Wildman–Crippen MR) is 106 cm³/mol. The van der Waals surface area contributed by atoms with Crippen molar-refractivity contribution in [1.82, 2.24) is 15.2 Å². The molecule has 0 saturated carbocycles. The minimum absolute atomic E-state index is 0.314. The molecule has 3 aromatic rings. The molecule has 8 heteroatoms. The molecule has 0 atom stereocenters. The van der Waals surface area contributed by atoms with E-state index in [0.29, 0.717) is 34.7 Å². The van der Waals surface area contributed by atoms with Crippen LogP contribution in [0.15, 0.2) is 53.9 Å². The highest BCUT2D eigenvalue weighted by atomic mass is 32.1. The molecular weight excluding hydrogens is 393 g/mol. The number of thiazole rings is 1. The van der Waals surface area contributed by atoms with Crippen LogP contribution in [-0.4, -0.2) is 40.7 Å². The van der Waals surface area contributed by atoms with E-state index in [-0.39, 0.29) is 12.4 Å². The van der Waals surface area contributed by atoms with Crippen molar-refractivity contribution >= 4 is 29.1 Å². The highest BCUT2D eigenvalue weighted by Gasteiger charge is 2.36. The molecule has 2 aromatic carbocycles. The summed E-state index contributed by atoms with van der Waals surface area (Å²) in [6.07, 6.45) is 0.486. The number of rotatable bonds is 6. The number of benzene rings is 2. The highest BCUT2D eigenvalue weighted by Crippen LogP contribution is 2.24. The molecule has 3 amide bonds. The molecule has 1 aliphatic heterocycles. The van der Waals surface area contributed by atoms with Crippen molar-refractivity contribution in [2.45, 2.75) is 6.42 Å². The molecule has 1 aliphatic rings. The molecule has 6 nitrogen and oxygen atoms in total. The first-order chi connectivity index (χ1) is 14.0. The number of fused-ring (bicyclic) bond motifs is 1. The lowest BCUT2D eigenvalue weighted by Gasteiger charge is -2.13. The largest absolute Gasteiger partial charge is 0.354 e. The summed E-state index contributed by atoms with van der Waals surface area (Å²) >= 11 is 1.40. The predicted octanol–water partition coefficient (Wildman–Crippen LogP) is 2.90. The Morgan fingerprint density at radius 2 is 1.79 bits per heavy atom. The van der Waals surface area contributed by atoms with Gasteiger partial charge in [-0.05, 0) is 24.3 Å². The Morgan fingerprint density at radius 1 is 1.07 bits per heavy atom. The molecule has 2 heterocycles. The normalized spacial score (nSPS) is 12.9. The maximum Gasteiger partial charge on any atom is 0.262 e. The summed E-state index contributed by atoms with van der Waals surface area (Å²) in [5, 5.41) is 5.27. The summed E-state index contributed by atoms with van der Waals surface area (Å²) < 4.78 is 13.3. The van der Waals surface area contributed by atoms with Crippen LogP contribution in [0.25, 0.3) is 10.6 Å². The van der Waals surface area contributed by atoms with Crippen molar-refractivity contribution in [3.63, 3.8) is 0 Å². The van der Waals surface area contributed by atoms with E-state index in [1.165, 1.54) is 23.5 Å². The SMILES string of the molecule is O=C(CN1C(=O)c2ccccc2C1=O)NCCc1csc(-c2cccc(F)c2)n1. The van der Waals surface area contributed by atoms with Crippen molar-refractivity contribution in [2.24, 2.45) is 0 Å². The van der Waals surface area contributed by atoms with Gasteiger partial charge in [0, 0.05) is 23.9 Å². The van der Waals surface area contributed by atoms with Gasteiger partial charge in [0.15, 0.2) is 0 Å². The fraction of sp³-hybridized carbons (Fsp3) is 0.143. The van der Waals surface area contributed by atoms with Crippen LogP contribution in [0, 0.1) is 5.82 Å². The van der Waals surface area contributed by atoms with Gasteiger partial charge in [0.1, 0.15) is 17.4 Å². The van der Waals surface area contributed by atoms with Gasteiger partial charge in [0.2, 0.25) is 5.91 Å². The number of amides is 3. The van der Waals surface area contributed by atoms with Crippen LogP contribution in [0.2, 0.25) is 0 Å². The number of carbonyl (C=O) groups excluding carboxylic acids is 3. The lowest BCUT2D eigenvalue weighted by molar-refractivity contribution is -0.121. The minimum atomic E-state index is -0.458. The maximum absolute atomic E-state index is 13.3. The summed E-state index contributed by atoms with van der Waals surface area (Å²) in [5.41, 5.74) is 2.11. The van der Waals surface area contributed by atoms with Crippen LogP contribution in [0.4, 0.5) is 4.39 Å². The zero-order valence-electron chi connectivity index (χ0n) is 15.2. The second kappa shape index (κ2) is 7.92. The number of nitrogens with zero attached hydrogens (tertiary/aromatic N) is 2. The third kappa shape index (κ3) is 3.93. The molecule has 0 saturated heterocycles. The highest BCUT2D eigenvalue weighted by molar-refractivity contribution is 7.13. The average Bonchev–Trinajstić information content (AvgIpc) is 3.28. The Hall–Kier alpha value is -3.39. The Morgan fingerprint density at radius 3 is 2.48 bits per heavy atom. The topological polar surface area (TPSA) is 79.4 Å². The smallest absolute Gasteiger partial charge is 0.262 e. The van der Waals surface area contributed by atoms with E-state index in [1.807, 2.05) is 5.38 Å². The summed E-state index contributed by atoms with van der Waals surface area (Å²) in [6, 6.07) is 12.7. The average molecular weight is 409 g/mol. The van der Waals surface area contributed by atoms with Crippen LogP contribution >= 0.6 is 11.3 Å². The van der Waals surface area contributed by atoms with Gasteiger partial charge in [-0.3, -0.25) is 19.3 Å². The van der Waals surface area contributed by atoms with Gasteiger partial charge in [-0.15, -0.1) is 11.3 Å². The van der Waals surface area contributed by atoms with Crippen LogP contribution in [-0.2, 0) is 11.2 Å². The maximum atomic E-state index is 13.3. The molecule has 1 aromatic heterocycles. The van der Waals surface area contributed by atoms with Gasteiger partial charge in [0.05, 0.1) is 16.8 Å². The number of halogens is 1. The van der Waals surface area contributed by atoms with Crippen molar-refractivity contribution in [2.75, 3.05) is 13.1 Å². The van der Waals surface area contributed by atoms with E-state index < -0.39 is 17.7 Å². The van der Waals surface area contributed by atoms with Crippen LogP contribution in [0.3, 0.4) is 0 Å². The van der Waals surface area contributed by atoms with E-state index in [4.69, 9.17) is 0 Å². The van der Waals surface area contributed by atoms with Gasteiger partial charge in [-0.1, -0.05) is 24.3 Å². The van der Waals surface area contributed by atoms with E-state index in [2.05, 4.69) is 10.3 Å². The summed E-state index contributed by atoms with van der Waals surface area (Å²) in [4.78, 5) is 42.2. The molecule has 0 spiro atoms. The van der Waals surface area contributed by atoms with Gasteiger partial charge in [-0.25, -0.2) is 9.37 Å². The van der Waals surface area contributed by atoms with Crippen molar-refractivity contribution in [3.8, 4) is 10.6 Å². The molecule has 0 unspecified atom stereocenters. The summed E-state index contributed by atoms with van der Waals surface area (Å²) in [6.45, 7) is -0.00766. The number of hydrogen-bond donors (Lipinski definition) is 1. The fourth-order valence-corrected chi connectivity index (χ4v) is 3.94. The standard InChI is InChI=1S/C21H16FN3O3S/c22-14-5-3-4-13(10-14)19-24-15(12-29-19)8-9-23-18(26)11-25-20(27)16-6-1-2-7-17(16)21(25)28/h1-7,10,12H,8-9,11H2,(H,23,26). The molecule has 0 bridgehead atoms. The first-order valence-corrected chi connectivity index (χ1v) is 9.83. The van der Waals surface area contributed by atoms with E-state index in [9.17, 15) is 18.8 Å². The molecule has 29 heavy (non-hydrogen) atoms. The quantitative estimate of drug-likeness (QED) is 0.635. The Balaban J connectivity index is 1.30. The second-order valence-corrected chi connectivity index (χ2v) is 7.35. The lowest BCUT2D eigenvalue weighted by Crippen LogP contribution is -2.40. The molecule has 0 radical (unpaired) electrons. The first kappa shape index (κ1) is 18.9. The monoisotopic (exact) mass is 409 g/mol. The van der Waals surface area contributed by atoms with Crippen molar-refractivity contribution < 1.29 is 18.8 Å². The number of hydrogen-bond acceptors (Lipinski definition) is 5.